The Kier molecular flexibility index (Phi) is 8.71. The van der Waals surface area contributed by atoms with Gasteiger partial charge in [-0.15, -0.1) is 24.0 Å². The molecule has 25 heavy (non-hydrogen) atoms. The van der Waals surface area contributed by atoms with E-state index < -0.39 is 5.91 Å². The van der Waals surface area contributed by atoms with Gasteiger partial charge in [-0.1, -0.05) is 35.9 Å². The summed E-state index contributed by atoms with van der Waals surface area (Å²) in [4.78, 5) is 17.4. The topological polar surface area (TPSA) is 70.7 Å². The number of hydrogen-bond acceptors (Lipinski definition) is 2. The lowest BCUT2D eigenvalue weighted by molar-refractivity contribution is 0.100. The molecule has 0 aromatic heterocycles. The Morgan fingerprint density at radius 3 is 2.20 bits per heavy atom. The lowest BCUT2D eigenvalue weighted by Crippen LogP contribution is -2.38. The van der Waals surface area contributed by atoms with Gasteiger partial charge in [0.1, 0.15) is 0 Å². The lowest BCUT2D eigenvalue weighted by Gasteiger charge is -2.22. The number of nitrogens with zero attached hydrogens (tertiary/aromatic N) is 2. The molecule has 5 nitrogen and oxygen atoms in total. The van der Waals surface area contributed by atoms with E-state index in [0.29, 0.717) is 12.1 Å². The molecule has 2 rings (SSSR count). The van der Waals surface area contributed by atoms with Crippen LogP contribution in [0.4, 0.5) is 0 Å². The minimum atomic E-state index is -0.423. The van der Waals surface area contributed by atoms with Crippen molar-refractivity contribution in [3.05, 3.63) is 70.2 Å². The highest BCUT2D eigenvalue weighted by Crippen LogP contribution is 2.11. The molecule has 7 heteroatoms. The van der Waals surface area contributed by atoms with Crippen LogP contribution in [0.2, 0.25) is 5.02 Å². The first-order chi connectivity index (χ1) is 11.5. The van der Waals surface area contributed by atoms with Crippen LogP contribution in [0.3, 0.4) is 0 Å². The number of nitrogens with one attached hydrogen (secondary N) is 1. The first-order valence-corrected chi connectivity index (χ1v) is 7.92. The molecule has 0 bridgehead atoms. The summed E-state index contributed by atoms with van der Waals surface area (Å²) >= 11 is 5.91. The van der Waals surface area contributed by atoms with E-state index in [0.717, 1.165) is 28.7 Å². The normalized spacial score (nSPS) is 10.8. The van der Waals surface area contributed by atoms with E-state index in [2.05, 4.69) is 10.3 Å². The highest BCUT2D eigenvalue weighted by molar-refractivity contribution is 14.0. The maximum absolute atomic E-state index is 11.1. The van der Waals surface area contributed by atoms with Crippen molar-refractivity contribution in [2.45, 2.75) is 13.1 Å². The summed E-state index contributed by atoms with van der Waals surface area (Å²) < 4.78 is 0. The van der Waals surface area contributed by atoms with Gasteiger partial charge in [0.2, 0.25) is 5.91 Å². The molecule has 0 radical (unpaired) electrons. The number of carbonyl (C=O) groups is 1. The summed E-state index contributed by atoms with van der Waals surface area (Å²) in [6.45, 7) is 1.33. The van der Waals surface area contributed by atoms with E-state index in [1.54, 1.807) is 19.2 Å². The largest absolute Gasteiger partial charge is 0.366 e. The maximum atomic E-state index is 11.1. The van der Waals surface area contributed by atoms with Crippen LogP contribution in [-0.4, -0.2) is 30.9 Å². The second-order valence-electron chi connectivity index (χ2n) is 5.44. The van der Waals surface area contributed by atoms with Crippen LogP contribution >= 0.6 is 35.6 Å². The standard InChI is InChI=1S/C18H21ClN4O.HI/c1-21-18(23(2)12-14-5-9-16(19)10-6-14)22-11-13-3-7-15(8-4-13)17(20)24;/h3-10H,11-12H2,1-2H3,(H2,20,24)(H,21,22);1H. The molecule has 0 unspecified atom stereocenters. The number of halogens is 2. The smallest absolute Gasteiger partial charge is 0.248 e. The van der Waals surface area contributed by atoms with Crippen LogP contribution in [0.1, 0.15) is 21.5 Å². The SMILES string of the molecule is CN=C(NCc1ccc(C(N)=O)cc1)N(C)Cc1ccc(Cl)cc1.I. The van der Waals surface area contributed by atoms with E-state index in [1.807, 2.05) is 48.3 Å². The number of benzene rings is 2. The van der Waals surface area contributed by atoms with Gasteiger partial charge in [-0.2, -0.15) is 0 Å². The fraction of sp³-hybridized carbons (Fsp3) is 0.222. The van der Waals surface area contributed by atoms with E-state index in [-0.39, 0.29) is 24.0 Å². The summed E-state index contributed by atoms with van der Waals surface area (Å²) in [6.07, 6.45) is 0. The van der Waals surface area contributed by atoms with Crippen LogP contribution in [0.25, 0.3) is 0 Å². The van der Waals surface area contributed by atoms with E-state index in [1.165, 1.54) is 0 Å². The number of guanidine groups is 1. The van der Waals surface area contributed by atoms with Crippen LogP contribution < -0.4 is 11.1 Å². The van der Waals surface area contributed by atoms with Gasteiger partial charge in [0, 0.05) is 37.8 Å². The zero-order valence-electron chi connectivity index (χ0n) is 14.2. The summed E-state index contributed by atoms with van der Waals surface area (Å²) in [5.74, 6) is 0.358. The second-order valence-corrected chi connectivity index (χ2v) is 5.88. The number of amides is 1. The molecular weight excluding hydrogens is 451 g/mol. The molecule has 0 fully saturated rings. The van der Waals surface area contributed by atoms with Crippen molar-refractivity contribution >= 4 is 47.4 Å². The van der Waals surface area contributed by atoms with Crippen molar-refractivity contribution in [3.8, 4) is 0 Å². The molecule has 0 aliphatic heterocycles. The number of carbonyl (C=O) groups excluding carboxylic acids is 1. The average Bonchev–Trinajstić information content (AvgIpc) is 2.58. The second kappa shape index (κ2) is 10.2. The van der Waals surface area contributed by atoms with Gasteiger partial charge in [0.25, 0.3) is 0 Å². The van der Waals surface area contributed by atoms with E-state index in [9.17, 15) is 4.79 Å². The number of rotatable bonds is 5. The van der Waals surface area contributed by atoms with Gasteiger partial charge in [-0.05, 0) is 35.4 Å². The number of primary amides is 1. The van der Waals surface area contributed by atoms with Gasteiger partial charge in [-0.3, -0.25) is 9.79 Å². The predicted molar refractivity (Wildman–Crippen MR) is 113 cm³/mol. The van der Waals surface area contributed by atoms with Crippen molar-refractivity contribution < 1.29 is 4.79 Å². The zero-order valence-corrected chi connectivity index (χ0v) is 17.3. The molecule has 3 N–H and O–H groups in total. The minimum Gasteiger partial charge on any atom is -0.366 e. The third-order valence-corrected chi connectivity index (χ3v) is 3.85. The quantitative estimate of drug-likeness (QED) is 0.399. The van der Waals surface area contributed by atoms with E-state index >= 15 is 0 Å². The molecule has 2 aromatic rings. The minimum absolute atomic E-state index is 0. The third-order valence-electron chi connectivity index (χ3n) is 3.60. The molecule has 2 aromatic carbocycles. The first-order valence-electron chi connectivity index (χ1n) is 7.54. The molecule has 0 heterocycles. The Labute approximate surface area is 170 Å². The molecule has 0 saturated carbocycles. The number of hydrogen-bond donors (Lipinski definition) is 2. The Morgan fingerprint density at radius 2 is 1.68 bits per heavy atom. The zero-order chi connectivity index (χ0) is 17.5. The molecule has 0 saturated heterocycles. The monoisotopic (exact) mass is 472 g/mol. The third kappa shape index (κ3) is 6.55. The van der Waals surface area contributed by atoms with Crippen LogP contribution in [-0.2, 0) is 13.1 Å². The molecule has 134 valence electrons. The number of aliphatic imine (C=N–C) groups is 1. The molecule has 0 aliphatic rings. The summed E-state index contributed by atoms with van der Waals surface area (Å²) in [7, 11) is 3.72. The van der Waals surface area contributed by atoms with Crippen molar-refractivity contribution in [2.75, 3.05) is 14.1 Å². The van der Waals surface area contributed by atoms with Crippen molar-refractivity contribution in [3.63, 3.8) is 0 Å². The van der Waals surface area contributed by atoms with Gasteiger partial charge < -0.3 is 16.0 Å². The Bertz CT molecular complexity index is 717. The number of nitrogens with two attached hydrogens (primary N) is 1. The molecular formula is C18H22ClIN4O. The Morgan fingerprint density at radius 1 is 1.12 bits per heavy atom. The lowest BCUT2D eigenvalue weighted by atomic mass is 10.1. The predicted octanol–water partition coefficient (Wildman–Crippen LogP) is 3.26. The van der Waals surface area contributed by atoms with Crippen molar-refractivity contribution in [1.29, 1.82) is 0 Å². The highest BCUT2D eigenvalue weighted by Gasteiger charge is 2.07. The Balaban J connectivity index is 0.00000312. The van der Waals surface area contributed by atoms with Gasteiger partial charge in [0.05, 0.1) is 0 Å². The van der Waals surface area contributed by atoms with E-state index in [4.69, 9.17) is 17.3 Å². The Hall–Kier alpha value is -1.80. The summed E-state index contributed by atoms with van der Waals surface area (Å²) in [5.41, 5.74) is 7.94. The van der Waals surface area contributed by atoms with Gasteiger partial charge in [0.15, 0.2) is 5.96 Å². The van der Waals surface area contributed by atoms with Gasteiger partial charge >= 0.3 is 0 Å². The van der Waals surface area contributed by atoms with Crippen molar-refractivity contribution in [2.24, 2.45) is 10.7 Å². The molecule has 1 amide bonds. The van der Waals surface area contributed by atoms with Crippen LogP contribution in [0.5, 0.6) is 0 Å². The molecule has 0 aliphatic carbocycles. The first kappa shape index (κ1) is 21.2. The molecule has 0 spiro atoms. The molecule has 0 atom stereocenters. The summed E-state index contributed by atoms with van der Waals surface area (Å²) in [5, 5.41) is 4.02. The fourth-order valence-corrected chi connectivity index (χ4v) is 2.42. The fourth-order valence-electron chi connectivity index (χ4n) is 2.29. The maximum Gasteiger partial charge on any atom is 0.248 e. The van der Waals surface area contributed by atoms with Crippen LogP contribution in [0.15, 0.2) is 53.5 Å². The average molecular weight is 473 g/mol. The van der Waals surface area contributed by atoms with Crippen molar-refractivity contribution in [1.82, 2.24) is 10.2 Å². The van der Waals surface area contributed by atoms with Gasteiger partial charge in [-0.25, -0.2) is 0 Å². The summed E-state index contributed by atoms with van der Waals surface area (Å²) in [6, 6.07) is 14.9. The van der Waals surface area contributed by atoms with Crippen LogP contribution in [0, 0.1) is 0 Å². The highest BCUT2D eigenvalue weighted by atomic mass is 127.